The maximum Gasteiger partial charge on any atom is 0.253 e. The van der Waals surface area contributed by atoms with Crippen molar-refractivity contribution in [1.29, 1.82) is 5.26 Å². The van der Waals surface area contributed by atoms with Crippen LogP contribution in [0.15, 0.2) is 65.7 Å². The van der Waals surface area contributed by atoms with Crippen LogP contribution in [-0.4, -0.2) is 21.1 Å². The summed E-state index contributed by atoms with van der Waals surface area (Å²) in [7, 11) is 0. The minimum absolute atomic E-state index is 0.0817. The topological polar surface area (TPSA) is 121 Å². The Hall–Kier alpha value is -4.48. The van der Waals surface area contributed by atoms with Crippen LogP contribution < -0.4 is 15.6 Å². The Morgan fingerprint density at radius 1 is 1.14 bits per heavy atom. The molecule has 0 saturated carbocycles. The number of aryl methyl sites for hydroxylation is 2. The van der Waals surface area contributed by atoms with Crippen molar-refractivity contribution in [2.24, 2.45) is 0 Å². The van der Waals surface area contributed by atoms with Crippen LogP contribution in [-0.2, 0) is 6.54 Å². The van der Waals surface area contributed by atoms with Crippen molar-refractivity contribution in [2.45, 2.75) is 20.4 Å². The fourth-order valence-corrected chi connectivity index (χ4v) is 3.86. The number of halogens is 1. The van der Waals surface area contributed by atoms with Gasteiger partial charge in [-0.25, -0.2) is 0 Å². The largest absolute Gasteiger partial charge is 0.454 e. The van der Waals surface area contributed by atoms with Gasteiger partial charge in [-0.15, -0.1) is 0 Å². The number of hydrogen-bond donors (Lipinski definition) is 2. The number of benzene rings is 2. The zero-order valence-corrected chi connectivity index (χ0v) is 19.7. The first-order chi connectivity index (χ1) is 16.9. The third-order valence-corrected chi connectivity index (χ3v) is 5.66. The molecule has 2 heterocycles. The summed E-state index contributed by atoms with van der Waals surface area (Å²) >= 11 is 6.40. The van der Waals surface area contributed by atoms with E-state index in [2.05, 4.69) is 26.6 Å². The predicted molar refractivity (Wildman–Crippen MR) is 131 cm³/mol. The molecular weight excluding hydrogens is 466 g/mol. The summed E-state index contributed by atoms with van der Waals surface area (Å²) in [6.45, 7) is 3.70. The average Bonchev–Trinajstić information content (AvgIpc) is 2.84. The molecule has 4 rings (SSSR count). The number of amides is 1. The van der Waals surface area contributed by atoms with Crippen molar-refractivity contribution in [2.75, 3.05) is 0 Å². The lowest BCUT2D eigenvalue weighted by Crippen LogP contribution is -2.27. The Morgan fingerprint density at radius 2 is 1.97 bits per heavy atom. The molecule has 0 saturated heterocycles. The van der Waals surface area contributed by atoms with Gasteiger partial charge in [0.05, 0.1) is 17.4 Å². The fraction of sp³-hybridized carbons (Fsp3) is 0.115. The Morgan fingerprint density at radius 3 is 2.66 bits per heavy atom. The molecule has 4 aromatic rings. The molecule has 35 heavy (non-hydrogen) atoms. The Kier molecular flexibility index (Phi) is 6.90. The molecule has 0 bridgehead atoms. The SMILES string of the molecule is Cc1cc(C)c(CNC(=O)c2ccc(Oc3cccc(-c4ccnnc4)c3C#N)c(Cl)c2)c(=O)[nH]1. The summed E-state index contributed by atoms with van der Waals surface area (Å²) in [4.78, 5) is 27.6. The molecule has 2 N–H and O–H groups in total. The summed E-state index contributed by atoms with van der Waals surface area (Å²) in [5.74, 6) is 0.216. The maximum atomic E-state index is 12.7. The first-order valence-corrected chi connectivity index (χ1v) is 11.0. The van der Waals surface area contributed by atoms with Crippen LogP contribution >= 0.6 is 11.6 Å². The third-order valence-electron chi connectivity index (χ3n) is 5.37. The van der Waals surface area contributed by atoms with Gasteiger partial charge in [0.2, 0.25) is 0 Å². The van der Waals surface area contributed by atoms with Gasteiger partial charge in [0, 0.05) is 34.5 Å². The number of carbonyl (C=O) groups is 1. The van der Waals surface area contributed by atoms with Crippen LogP contribution in [0.5, 0.6) is 11.5 Å². The molecule has 9 heteroatoms. The zero-order valence-electron chi connectivity index (χ0n) is 18.9. The molecule has 8 nitrogen and oxygen atoms in total. The highest BCUT2D eigenvalue weighted by molar-refractivity contribution is 6.32. The summed E-state index contributed by atoms with van der Waals surface area (Å²) in [5.41, 5.74) is 3.80. The lowest BCUT2D eigenvalue weighted by molar-refractivity contribution is 0.0950. The molecular formula is C26H20ClN5O3. The smallest absolute Gasteiger partial charge is 0.253 e. The number of aromatic nitrogens is 3. The van der Waals surface area contributed by atoms with Gasteiger partial charge in [-0.3, -0.25) is 9.59 Å². The van der Waals surface area contributed by atoms with Gasteiger partial charge >= 0.3 is 0 Å². The molecule has 0 aliphatic rings. The van der Waals surface area contributed by atoms with Crippen molar-refractivity contribution in [3.8, 4) is 28.7 Å². The highest BCUT2D eigenvalue weighted by Gasteiger charge is 2.15. The number of H-pyrrole nitrogens is 1. The van der Waals surface area contributed by atoms with Crippen LogP contribution in [0, 0.1) is 25.2 Å². The summed E-state index contributed by atoms with van der Waals surface area (Å²) in [5, 5.41) is 20.3. The van der Waals surface area contributed by atoms with Gasteiger partial charge in [-0.2, -0.15) is 15.5 Å². The van der Waals surface area contributed by atoms with E-state index in [0.717, 1.165) is 16.8 Å². The van der Waals surface area contributed by atoms with Gasteiger partial charge in [0.1, 0.15) is 23.1 Å². The molecule has 2 aromatic heterocycles. The van der Waals surface area contributed by atoms with E-state index in [1.165, 1.54) is 6.07 Å². The second-order valence-electron chi connectivity index (χ2n) is 7.79. The number of nitrogens with one attached hydrogen (secondary N) is 2. The van der Waals surface area contributed by atoms with Gasteiger partial charge in [0.25, 0.3) is 11.5 Å². The molecule has 2 aromatic carbocycles. The number of hydrogen-bond acceptors (Lipinski definition) is 6. The molecule has 174 valence electrons. The molecule has 0 spiro atoms. The Bertz CT molecular complexity index is 1510. The Labute approximate surface area is 206 Å². The Balaban J connectivity index is 1.53. The van der Waals surface area contributed by atoms with E-state index >= 15 is 0 Å². The van der Waals surface area contributed by atoms with Crippen LogP contribution in [0.2, 0.25) is 5.02 Å². The minimum atomic E-state index is -0.386. The van der Waals surface area contributed by atoms with Crippen LogP contribution in [0.1, 0.15) is 32.7 Å². The number of nitrogens with zero attached hydrogens (tertiary/aromatic N) is 3. The highest BCUT2D eigenvalue weighted by Crippen LogP contribution is 2.35. The third kappa shape index (κ3) is 5.21. The van der Waals surface area contributed by atoms with Crippen LogP contribution in [0.25, 0.3) is 11.1 Å². The first-order valence-electron chi connectivity index (χ1n) is 10.6. The second-order valence-corrected chi connectivity index (χ2v) is 8.20. The van der Waals surface area contributed by atoms with E-state index in [1.54, 1.807) is 55.7 Å². The lowest BCUT2D eigenvalue weighted by atomic mass is 10.0. The average molecular weight is 486 g/mol. The monoisotopic (exact) mass is 485 g/mol. The zero-order chi connectivity index (χ0) is 24.9. The van der Waals surface area contributed by atoms with Crippen molar-refractivity contribution >= 4 is 17.5 Å². The molecule has 0 fully saturated rings. The van der Waals surface area contributed by atoms with E-state index < -0.39 is 0 Å². The summed E-state index contributed by atoms with van der Waals surface area (Å²) < 4.78 is 5.93. The number of pyridine rings is 1. The number of ether oxygens (including phenoxy) is 1. The number of aromatic amines is 1. The molecule has 0 aliphatic heterocycles. The number of carbonyl (C=O) groups excluding carboxylic acids is 1. The summed E-state index contributed by atoms with van der Waals surface area (Å²) in [6, 6.07) is 15.6. The standard InChI is InChI=1S/C26H20ClN5O3/c1-15-10-16(2)32-26(34)21(15)14-29-25(33)17-6-7-24(22(27)11-17)35-23-5-3-4-19(20(23)12-28)18-8-9-30-31-13-18/h3-11,13H,14H2,1-2H3,(H,29,33)(H,32,34). The number of nitriles is 1. The van der Waals surface area contributed by atoms with Crippen molar-refractivity contribution in [1.82, 2.24) is 20.5 Å². The second kappa shape index (κ2) is 10.2. The lowest BCUT2D eigenvalue weighted by Gasteiger charge is -2.13. The van der Waals surface area contributed by atoms with Crippen molar-refractivity contribution < 1.29 is 9.53 Å². The fourth-order valence-electron chi connectivity index (χ4n) is 3.64. The molecule has 0 atom stereocenters. The first kappa shape index (κ1) is 23.7. The molecule has 0 aliphatic carbocycles. The quantitative estimate of drug-likeness (QED) is 0.408. The normalized spacial score (nSPS) is 10.5. The van der Waals surface area contributed by atoms with Gasteiger partial charge < -0.3 is 15.0 Å². The van der Waals surface area contributed by atoms with Crippen molar-refractivity contribution in [3.63, 3.8) is 0 Å². The van der Waals surface area contributed by atoms with Crippen LogP contribution in [0.3, 0.4) is 0 Å². The van der Waals surface area contributed by atoms with Gasteiger partial charge in [-0.1, -0.05) is 23.7 Å². The van der Waals surface area contributed by atoms with Gasteiger partial charge in [0.15, 0.2) is 0 Å². The molecule has 0 radical (unpaired) electrons. The minimum Gasteiger partial charge on any atom is -0.454 e. The molecule has 1 amide bonds. The predicted octanol–water partition coefficient (Wildman–Crippen LogP) is 4.70. The summed E-state index contributed by atoms with van der Waals surface area (Å²) in [6.07, 6.45) is 3.10. The van der Waals surface area contributed by atoms with Crippen LogP contribution in [0.4, 0.5) is 0 Å². The molecule has 0 unspecified atom stereocenters. The van der Waals surface area contributed by atoms with E-state index in [0.29, 0.717) is 28.0 Å². The van der Waals surface area contributed by atoms with E-state index in [1.807, 2.05) is 13.0 Å². The maximum absolute atomic E-state index is 12.7. The van der Waals surface area contributed by atoms with E-state index in [9.17, 15) is 14.9 Å². The number of rotatable bonds is 6. The van der Waals surface area contributed by atoms with Gasteiger partial charge in [-0.05, 0) is 55.8 Å². The van der Waals surface area contributed by atoms with Crippen molar-refractivity contribution in [3.05, 3.63) is 104 Å². The van der Waals surface area contributed by atoms with E-state index in [-0.39, 0.29) is 28.8 Å². The van der Waals surface area contributed by atoms with E-state index in [4.69, 9.17) is 16.3 Å². The highest BCUT2D eigenvalue weighted by atomic mass is 35.5.